The first-order valence-corrected chi connectivity index (χ1v) is 16.6. The van der Waals surface area contributed by atoms with E-state index in [0.717, 1.165) is 6.16 Å². The predicted molar refractivity (Wildman–Crippen MR) is 185 cm³/mol. The van der Waals surface area contributed by atoms with E-state index in [1.807, 2.05) is 0 Å². The Balaban J connectivity index is 1.53. The van der Waals surface area contributed by atoms with Gasteiger partial charge in [-0.1, -0.05) is 103 Å². The quantitative estimate of drug-likeness (QED) is 0.147. The van der Waals surface area contributed by atoms with Gasteiger partial charge in [-0.15, -0.1) is 0 Å². The smallest absolute Gasteiger partial charge is 0.0620 e. The van der Waals surface area contributed by atoms with Crippen molar-refractivity contribution < 1.29 is 0 Å². The zero-order valence-electron chi connectivity index (χ0n) is 23.3. The van der Waals surface area contributed by atoms with Gasteiger partial charge >= 0.3 is 0 Å². The second-order valence-corrected chi connectivity index (χ2v) is 14.7. The average molecular weight is 554 g/mol. The number of hydrogen-bond donors (Lipinski definition) is 0. The Hall–Kier alpha value is -4.77. The summed E-state index contributed by atoms with van der Waals surface area (Å²) < 4.78 is 0. The molecule has 0 spiro atoms. The van der Waals surface area contributed by atoms with Crippen LogP contribution in [0.4, 0.5) is 0 Å². The van der Waals surface area contributed by atoms with Gasteiger partial charge in [-0.05, 0) is 110 Å². The van der Waals surface area contributed by atoms with Crippen LogP contribution in [0.5, 0.6) is 0 Å². The van der Waals surface area contributed by atoms with Crippen molar-refractivity contribution in [2.75, 3.05) is 0 Å². The lowest BCUT2D eigenvalue weighted by Gasteiger charge is -2.29. The van der Waals surface area contributed by atoms with E-state index in [2.05, 4.69) is 170 Å². The first-order valence-electron chi connectivity index (χ1n) is 14.6. The van der Waals surface area contributed by atoms with Crippen molar-refractivity contribution >= 4 is 66.3 Å². The summed E-state index contributed by atoms with van der Waals surface area (Å²) in [6.07, 6.45) is 0.940. The van der Waals surface area contributed by atoms with Crippen LogP contribution < -0.4 is 15.9 Å². The SMILES string of the molecule is c1ccc([P+](Cc2c3cc4ccccc4cc3cc3cc4ccccc4cc23)(c2ccccc2)c2ccccc2)cc1. The highest BCUT2D eigenvalue weighted by molar-refractivity contribution is 7.95. The Morgan fingerprint density at radius 1 is 0.310 bits per heavy atom. The Labute approximate surface area is 247 Å². The summed E-state index contributed by atoms with van der Waals surface area (Å²) in [5, 5.41) is 14.7. The zero-order valence-corrected chi connectivity index (χ0v) is 24.2. The second-order valence-electron chi connectivity index (χ2n) is 11.2. The van der Waals surface area contributed by atoms with Crippen LogP contribution in [0.2, 0.25) is 0 Å². The summed E-state index contributed by atoms with van der Waals surface area (Å²) in [6, 6.07) is 63.4. The van der Waals surface area contributed by atoms with Crippen LogP contribution in [0.25, 0.3) is 43.1 Å². The molecule has 0 heterocycles. The highest BCUT2D eigenvalue weighted by atomic mass is 31.2. The molecule has 0 aliphatic heterocycles. The summed E-state index contributed by atoms with van der Waals surface area (Å²) in [5.74, 6) is 0. The zero-order chi connectivity index (χ0) is 27.9. The van der Waals surface area contributed by atoms with Crippen molar-refractivity contribution in [1.82, 2.24) is 0 Å². The molecule has 0 N–H and O–H groups in total. The normalized spacial score (nSPS) is 11.9. The molecule has 0 aliphatic rings. The highest BCUT2D eigenvalue weighted by Gasteiger charge is 2.46. The molecular formula is C41H30P+. The summed E-state index contributed by atoms with van der Waals surface area (Å²) in [7, 11) is -2.10. The van der Waals surface area contributed by atoms with Crippen molar-refractivity contribution in [2.24, 2.45) is 0 Å². The summed E-state index contributed by atoms with van der Waals surface area (Å²) in [6.45, 7) is 0. The van der Waals surface area contributed by atoms with Crippen LogP contribution in [0.15, 0.2) is 170 Å². The van der Waals surface area contributed by atoms with Gasteiger partial charge in [0, 0.05) is 5.56 Å². The molecule has 0 saturated carbocycles. The molecule has 0 aliphatic carbocycles. The largest absolute Gasteiger partial charge is 0.116 e. The van der Waals surface area contributed by atoms with Crippen molar-refractivity contribution in [2.45, 2.75) is 6.16 Å². The fraction of sp³-hybridized carbons (Fsp3) is 0.0244. The third-order valence-electron chi connectivity index (χ3n) is 8.78. The molecule has 0 bridgehead atoms. The Morgan fingerprint density at radius 3 is 1.00 bits per heavy atom. The maximum Gasteiger partial charge on any atom is 0.116 e. The number of fused-ring (bicyclic) bond motifs is 4. The number of benzene rings is 8. The Bertz CT molecular complexity index is 2010. The van der Waals surface area contributed by atoms with Crippen molar-refractivity contribution in [1.29, 1.82) is 0 Å². The molecule has 0 aromatic heterocycles. The molecule has 1 heteroatoms. The molecule has 0 radical (unpaired) electrons. The monoisotopic (exact) mass is 553 g/mol. The summed E-state index contributed by atoms with van der Waals surface area (Å²) >= 11 is 0. The minimum atomic E-state index is -2.10. The Kier molecular flexibility index (Phi) is 6.10. The predicted octanol–water partition coefficient (Wildman–Crippen LogP) is 9.79. The van der Waals surface area contributed by atoms with Gasteiger partial charge in [0.15, 0.2) is 0 Å². The van der Waals surface area contributed by atoms with Gasteiger partial charge in [-0.25, -0.2) is 0 Å². The molecule has 8 aromatic carbocycles. The minimum absolute atomic E-state index is 0.940. The van der Waals surface area contributed by atoms with E-state index >= 15 is 0 Å². The molecule has 0 atom stereocenters. The maximum atomic E-state index is 2.43. The standard InChI is InChI=1S/C41H30P/c1-4-18-36(19-5-1)42(37-20-6-2-7-21-37,38-22-8-3-9-23-38)29-41-39-27-32-16-12-10-14-30(32)24-34(39)26-35-25-31-15-11-13-17-33(31)28-40(35)41/h1-28H,29H2/q+1. The van der Waals surface area contributed by atoms with Crippen LogP contribution in [-0.4, -0.2) is 0 Å². The van der Waals surface area contributed by atoms with Crippen LogP contribution in [0.3, 0.4) is 0 Å². The number of rotatable bonds is 5. The fourth-order valence-corrected chi connectivity index (χ4v) is 11.1. The lowest BCUT2D eigenvalue weighted by molar-refractivity contribution is 1.48. The van der Waals surface area contributed by atoms with E-state index in [9.17, 15) is 0 Å². The van der Waals surface area contributed by atoms with Gasteiger partial charge in [-0.3, -0.25) is 0 Å². The average Bonchev–Trinajstić information content (AvgIpc) is 3.06. The summed E-state index contributed by atoms with van der Waals surface area (Å²) in [5.41, 5.74) is 1.43. The van der Waals surface area contributed by atoms with Crippen molar-refractivity contribution in [3.8, 4) is 0 Å². The van der Waals surface area contributed by atoms with Crippen molar-refractivity contribution in [3.63, 3.8) is 0 Å². The third-order valence-corrected chi connectivity index (χ3v) is 13.1. The molecular weight excluding hydrogens is 523 g/mol. The highest BCUT2D eigenvalue weighted by Crippen LogP contribution is 2.59. The van der Waals surface area contributed by atoms with E-state index in [4.69, 9.17) is 0 Å². The first-order chi connectivity index (χ1) is 20.8. The molecule has 8 rings (SSSR count). The molecule has 42 heavy (non-hydrogen) atoms. The van der Waals surface area contributed by atoms with E-state index < -0.39 is 7.26 Å². The lowest BCUT2D eigenvalue weighted by Crippen LogP contribution is -2.32. The Morgan fingerprint density at radius 2 is 0.619 bits per heavy atom. The summed E-state index contributed by atoms with van der Waals surface area (Å²) in [4.78, 5) is 0. The van der Waals surface area contributed by atoms with Crippen LogP contribution in [0.1, 0.15) is 5.56 Å². The van der Waals surface area contributed by atoms with Crippen LogP contribution >= 0.6 is 7.26 Å². The van der Waals surface area contributed by atoms with E-state index in [1.54, 1.807) is 0 Å². The van der Waals surface area contributed by atoms with Gasteiger partial charge < -0.3 is 0 Å². The van der Waals surface area contributed by atoms with E-state index in [-0.39, 0.29) is 0 Å². The molecule has 0 amide bonds. The molecule has 8 aromatic rings. The first kappa shape index (κ1) is 25.0. The molecule has 198 valence electrons. The van der Waals surface area contributed by atoms with E-state index in [1.165, 1.54) is 64.6 Å². The van der Waals surface area contributed by atoms with Crippen LogP contribution in [-0.2, 0) is 6.16 Å². The number of hydrogen-bond acceptors (Lipinski definition) is 0. The topological polar surface area (TPSA) is 0 Å². The lowest BCUT2D eigenvalue weighted by atomic mass is 9.93. The maximum absolute atomic E-state index is 2.43. The molecule has 0 nitrogen and oxygen atoms in total. The third kappa shape index (κ3) is 4.11. The molecule has 0 fully saturated rings. The van der Waals surface area contributed by atoms with Crippen LogP contribution in [0, 0.1) is 0 Å². The molecule has 0 unspecified atom stereocenters. The van der Waals surface area contributed by atoms with Gasteiger partial charge in [0.1, 0.15) is 23.2 Å². The minimum Gasteiger partial charge on any atom is -0.0620 e. The van der Waals surface area contributed by atoms with Gasteiger partial charge in [0.25, 0.3) is 0 Å². The van der Waals surface area contributed by atoms with Gasteiger partial charge in [0.2, 0.25) is 0 Å². The molecule has 0 saturated heterocycles. The van der Waals surface area contributed by atoms with Gasteiger partial charge in [-0.2, -0.15) is 0 Å². The fourth-order valence-electron chi connectivity index (χ4n) is 6.77. The van der Waals surface area contributed by atoms with E-state index in [0.29, 0.717) is 0 Å². The second kappa shape index (κ2) is 10.3. The van der Waals surface area contributed by atoms with Crippen molar-refractivity contribution in [3.05, 3.63) is 175 Å². The van der Waals surface area contributed by atoms with Gasteiger partial charge in [0.05, 0.1) is 6.16 Å².